The van der Waals surface area contributed by atoms with Gasteiger partial charge in [0.05, 0.1) is 5.25 Å². The summed E-state index contributed by atoms with van der Waals surface area (Å²) < 4.78 is 6.43. The average molecular weight is 329 g/mol. The third-order valence-corrected chi connectivity index (χ3v) is 4.28. The number of hydrogen-bond donors (Lipinski definition) is 2. The topological polar surface area (TPSA) is 109 Å². The van der Waals surface area contributed by atoms with Crippen molar-refractivity contribution in [3.63, 3.8) is 0 Å². The van der Waals surface area contributed by atoms with Gasteiger partial charge in [-0.1, -0.05) is 11.8 Å². The first-order chi connectivity index (χ1) is 10.5. The highest BCUT2D eigenvalue weighted by Crippen LogP contribution is 2.22. The number of imide groups is 1. The minimum Gasteiger partial charge on any atom is -0.385 e. The summed E-state index contributed by atoms with van der Waals surface area (Å²) >= 11 is 1.15. The number of nitrogens with one attached hydrogen (secondary N) is 2. The van der Waals surface area contributed by atoms with Crippen molar-refractivity contribution in [1.82, 2.24) is 25.0 Å². The van der Waals surface area contributed by atoms with E-state index in [2.05, 4.69) is 15.5 Å². The molecule has 0 saturated carbocycles. The zero-order valence-corrected chi connectivity index (χ0v) is 13.3. The number of urea groups is 1. The summed E-state index contributed by atoms with van der Waals surface area (Å²) in [5.41, 5.74) is -0.322. The molecule has 0 radical (unpaired) electrons. The van der Waals surface area contributed by atoms with Crippen molar-refractivity contribution in [2.24, 2.45) is 0 Å². The molecule has 1 atom stereocenters. The van der Waals surface area contributed by atoms with Crippen molar-refractivity contribution < 1.29 is 14.3 Å². The zero-order chi connectivity index (χ0) is 16.1. The number of carbonyl (C=O) groups is 2. The highest BCUT2D eigenvalue weighted by Gasteiger charge is 2.31. The summed E-state index contributed by atoms with van der Waals surface area (Å²) in [6.45, 7) is 3.51. The van der Waals surface area contributed by atoms with Crippen molar-refractivity contribution in [2.45, 2.75) is 30.3 Å². The van der Waals surface area contributed by atoms with E-state index >= 15 is 0 Å². The molecule has 3 amide bonds. The number of ether oxygens (including phenoxy) is 1. The Morgan fingerprint density at radius 2 is 2.27 bits per heavy atom. The number of carbonyl (C=O) groups excluding carboxylic acids is 2. The van der Waals surface area contributed by atoms with Crippen LogP contribution in [0, 0.1) is 0 Å². The van der Waals surface area contributed by atoms with Crippen molar-refractivity contribution >= 4 is 23.7 Å². The second kappa shape index (κ2) is 7.45. The van der Waals surface area contributed by atoms with E-state index in [4.69, 9.17) is 4.74 Å². The molecule has 1 aromatic rings. The number of nitrogens with zero attached hydrogens (tertiary/aromatic N) is 3. The van der Waals surface area contributed by atoms with Crippen LogP contribution >= 0.6 is 11.8 Å². The fourth-order valence-electron chi connectivity index (χ4n) is 2.07. The van der Waals surface area contributed by atoms with E-state index in [1.54, 1.807) is 14.0 Å². The van der Waals surface area contributed by atoms with Crippen molar-refractivity contribution in [3.8, 4) is 0 Å². The average Bonchev–Trinajstić information content (AvgIpc) is 3.06. The lowest BCUT2D eigenvalue weighted by molar-refractivity contribution is -0.126. The fraction of sp³-hybridized carbons (Fsp3) is 0.667. The van der Waals surface area contributed by atoms with E-state index in [1.807, 2.05) is 0 Å². The number of aromatic nitrogens is 3. The van der Waals surface area contributed by atoms with Crippen LogP contribution in [-0.4, -0.2) is 63.7 Å². The monoisotopic (exact) mass is 329 g/mol. The molecule has 2 heterocycles. The van der Waals surface area contributed by atoms with Crippen LogP contribution in [0.5, 0.6) is 0 Å². The van der Waals surface area contributed by atoms with E-state index in [0.717, 1.165) is 11.8 Å². The first-order valence-corrected chi connectivity index (χ1v) is 7.82. The quantitative estimate of drug-likeness (QED) is 0.522. The summed E-state index contributed by atoms with van der Waals surface area (Å²) in [4.78, 5) is 36.7. The Bertz CT molecular complexity index is 599. The number of methoxy groups -OCH3 is 1. The molecule has 2 N–H and O–H groups in total. The molecule has 22 heavy (non-hydrogen) atoms. The maximum absolute atomic E-state index is 12.2. The molecule has 0 bridgehead atoms. The Hall–Kier alpha value is -1.81. The van der Waals surface area contributed by atoms with Crippen LogP contribution < -0.4 is 11.0 Å². The highest BCUT2D eigenvalue weighted by atomic mass is 32.2. The van der Waals surface area contributed by atoms with Crippen LogP contribution in [0.3, 0.4) is 0 Å². The normalized spacial score (nSPS) is 15.9. The number of thioether (sulfide) groups is 1. The number of amides is 3. The molecule has 1 aliphatic rings. The van der Waals surface area contributed by atoms with E-state index in [9.17, 15) is 14.4 Å². The van der Waals surface area contributed by atoms with Crippen molar-refractivity contribution in [1.29, 1.82) is 0 Å². The molecule has 1 aromatic heterocycles. The zero-order valence-electron chi connectivity index (χ0n) is 12.5. The van der Waals surface area contributed by atoms with Gasteiger partial charge in [-0.2, -0.15) is 0 Å². The van der Waals surface area contributed by atoms with E-state index in [1.165, 1.54) is 9.47 Å². The third-order valence-electron chi connectivity index (χ3n) is 3.21. The lowest BCUT2D eigenvalue weighted by Gasteiger charge is -2.17. The number of H-pyrrole nitrogens is 1. The maximum Gasteiger partial charge on any atom is 0.343 e. The van der Waals surface area contributed by atoms with Gasteiger partial charge < -0.3 is 10.1 Å². The molecule has 0 aliphatic carbocycles. The summed E-state index contributed by atoms with van der Waals surface area (Å²) in [6.07, 6.45) is 0.667. The molecular weight excluding hydrogens is 310 g/mol. The molecule has 1 saturated heterocycles. The van der Waals surface area contributed by atoms with Gasteiger partial charge in [-0.3, -0.25) is 14.3 Å². The molecule has 9 nitrogen and oxygen atoms in total. The van der Waals surface area contributed by atoms with E-state index in [-0.39, 0.29) is 17.6 Å². The number of hydrogen-bond acceptors (Lipinski definition) is 6. The molecule has 1 aliphatic heterocycles. The van der Waals surface area contributed by atoms with E-state index in [0.29, 0.717) is 37.8 Å². The Labute approximate surface area is 131 Å². The largest absolute Gasteiger partial charge is 0.385 e. The van der Waals surface area contributed by atoms with Crippen LogP contribution in [0.25, 0.3) is 0 Å². The standard InChI is InChI=1S/C12H19N5O4S/c1-8(9(18)16-6-4-13-10(16)19)22-12-15-14-11(20)17(12)5-3-7-21-2/h8H,3-7H2,1-2H3,(H,13,19)(H,14,20)/t8-/m1/s1. The minimum absolute atomic E-state index is 0.293. The molecule has 0 unspecified atom stereocenters. The van der Waals surface area contributed by atoms with Crippen LogP contribution in [0.1, 0.15) is 13.3 Å². The Balaban J connectivity index is 2.02. The van der Waals surface area contributed by atoms with Gasteiger partial charge >= 0.3 is 11.7 Å². The van der Waals surface area contributed by atoms with Gasteiger partial charge in [0, 0.05) is 33.4 Å². The van der Waals surface area contributed by atoms with Crippen LogP contribution in [0.15, 0.2) is 9.95 Å². The molecule has 0 spiro atoms. The summed E-state index contributed by atoms with van der Waals surface area (Å²) in [5.74, 6) is -0.293. The summed E-state index contributed by atoms with van der Waals surface area (Å²) in [7, 11) is 1.59. The lowest BCUT2D eigenvalue weighted by Crippen LogP contribution is -2.39. The molecular formula is C12H19N5O4S. The van der Waals surface area contributed by atoms with Gasteiger partial charge in [0.1, 0.15) is 0 Å². The van der Waals surface area contributed by atoms with Gasteiger partial charge in [-0.15, -0.1) is 5.10 Å². The van der Waals surface area contributed by atoms with E-state index < -0.39 is 5.25 Å². The molecule has 2 rings (SSSR count). The molecule has 122 valence electrons. The van der Waals surface area contributed by atoms with Crippen LogP contribution in [-0.2, 0) is 16.1 Å². The molecule has 1 fully saturated rings. The van der Waals surface area contributed by atoms with Gasteiger partial charge in [-0.25, -0.2) is 14.7 Å². The predicted octanol–water partition coefficient (Wildman–Crippen LogP) is -0.360. The first-order valence-electron chi connectivity index (χ1n) is 6.94. The molecule has 10 heteroatoms. The van der Waals surface area contributed by atoms with Crippen molar-refractivity contribution in [2.75, 3.05) is 26.8 Å². The highest BCUT2D eigenvalue weighted by molar-refractivity contribution is 8.00. The third kappa shape index (κ3) is 3.69. The second-order valence-corrected chi connectivity index (χ2v) is 6.10. The molecule has 0 aromatic carbocycles. The number of rotatable bonds is 7. The van der Waals surface area contributed by atoms with Crippen molar-refractivity contribution in [3.05, 3.63) is 10.5 Å². The van der Waals surface area contributed by atoms with Gasteiger partial charge in [0.2, 0.25) is 5.91 Å². The van der Waals surface area contributed by atoms with Gasteiger partial charge in [0.15, 0.2) is 5.16 Å². The second-order valence-electron chi connectivity index (χ2n) is 4.79. The lowest BCUT2D eigenvalue weighted by atomic mass is 10.4. The summed E-state index contributed by atoms with van der Waals surface area (Å²) in [5, 5.41) is 8.82. The SMILES string of the molecule is COCCCn1c(S[C@H](C)C(=O)N2CCNC2=O)n[nH]c1=O. The fourth-order valence-corrected chi connectivity index (χ4v) is 3.01. The Morgan fingerprint density at radius 1 is 1.50 bits per heavy atom. The first kappa shape index (κ1) is 16.6. The Kier molecular flexibility index (Phi) is 5.61. The Morgan fingerprint density at radius 3 is 2.91 bits per heavy atom. The van der Waals surface area contributed by atoms with Crippen LogP contribution in [0.2, 0.25) is 0 Å². The summed E-state index contributed by atoms with van der Waals surface area (Å²) in [6, 6.07) is -0.378. The number of aromatic amines is 1. The van der Waals surface area contributed by atoms with Crippen LogP contribution in [0.4, 0.5) is 4.79 Å². The smallest absolute Gasteiger partial charge is 0.343 e. The minimum atomic E-state index is -0.514. The van der Waals surface area contributed by atoms with Gasteiger partial charge in [0.25, 0.3) is 0 Å². The predicted molar refractivity (Wildman–Crippen MR) is 79.8 cm³/mol. The maximum atomic E-state index is 12.2. The van der Waals surface area contributed by atoms with Gasteiger partial charge in [-0.05, 0) is 13.3 Å².